The van der Waals surface area contributed by atoms with Gasteiger partial charge in [0.05, 0.1) is 18.8 Å². The van der Waals surface area contributed by atoms with Gasteiger partial charge in [-0.25, -0.2) is 0 Å². The van der Waals surface area contributed by atoms with E-state index in [4.69, 9.17) is 14.2 Å². The molecule has 2 bridgehead atoms. The number of rotatable bonds is 2. The minimum atomic E-state index is -0.693. The minimum Gasteiger partial charge on any atom is -0.327 e. The van der Waals surface area contributed by atoms with Gasteiger partial charge in [-0.05, 0) is 13.3 Å². The first-order valence-electron chi connectivity index (χ1n) is 4.66. The van der Waals surface area contributed by atoms with Crippen LogP contribution in [0.15, 0.2) is 0 Å². The number of hydrogen-bond acceptors (Lipinski definition) is 3. The molecule has 2 heterocycles. The minimum absolute atomic E-state index is 0.0899. The maximum atomic E-state index is 5.77. The normalized spacial score (nSPS) is 46.5. The molecule has 0 aromatic heterocycles. The average molecular weight is 172 g/mol. The third-order valence-corrected chi connectivity index (χ3v) is 2.51. The molecule has 3 heteroatoms. The highest BCUT2D eigenvalue weighted by Crippen LogP contribution is 2.41. The molecular formula is C9H16O3. The van der Waals surface area contributed by atoms with Gasteiger partial charge in [-0.15, -0.1) is 0 Å². The Balaban J connectivity index is 2.09. The second-order valence-corrected chi connectivity index (χ2v) is 3.87. The molecule has 2 rings (SSSR count). The highest BCUT2D eigenvalue weighted by molar-refractivity contribution is 4.86. The first kappa shape index (κ1) is 8.48. The molecule has 2 aliphatic heterocycles. The maximum absolute atomic E-state index is 5.77. The van der Waals surface area contributed by atoms with Gasteiger partial charge in [-0.1, -0.05) is 6.92 Å². The fourth-order valence-corrected chi connectivity index (χ4v) is 1.82. The van der Waals surface area contributed by atoms with Crippen molar-refractivity contribution in [1.82, 2.24) is 0 Å². The molecule has 0 spiro atoms. The zero-order valence-electron chi connectivity index (χ0n) is 7.76. The Morgan fingerprint density at radius 3 is 2.92 bits per heavy atom. The summed E-state index contributed by atoms with van der Waals surface area (Å²) in [6.45, 7) is 5.63. The second-order valence-electron chi connectivity index (χ2n) is 3.87. The van der Waals surface area contributed by atoms with Gasteiger partial charge in [0.2, 0.25) is 0 Å². The van der Waals surface area contributed by atoms with Crippen LogP contribution >= 0.6 is 0 Å². The van der Waals surface area contributed by atoms with E-state index in [0.29, 0.717) is 6.61 Å². The van der Waals surface area contributed by atoms with Gasteiger partial charge in [0.1, 0.15) is 0 Å². The summed E-state index contributed by atoms with van der Waals surface area (Å²) in [4.78, 5) is 0. The largest absolute Gasteiger partial charge is 0.327 e. The second kappa shape index (κ2) is 2.69. The smallest absolute Gasteiger partial charge is 0.283 e. The monoisotopic (exact) mass is 172 g/mol. The molecule has 0 aliphatic carbocycles. The SMILES string of the molecule is CCCC12OCCC(C)(CO1)O2. The topological polar surface area (TPSA) is 27.7 Å². The van der Waals surface area contributed by atoms with Gasteiger partial charge in [0.15, 0.2) is 0 Å². The van der Waals surface area contributed by atoms with Crippen LogP contribution in [0.2, 0.25) is 0 Å². The molecule has 2 aliphatic rings. The van der Waals surface area contributed by atoms with Crippen molar-refractivity contribution < 1.29 is 14.2 Å². The quantitative estimate of drug-likeness (QED) is 0.634. The van der Waals surface area contributed by atoms with Crippen molar-refractivity contribution in [2.45, 2.75) is 44.7 Å². The molecule has 2 atom stereocenters. The summed E-state index contributed by atoms with van der Waals surface area (Å²) in [5, 5.41) is 0. The highest BCUT2D eigenvalue weighted by Gasteiger charge is 2.51. The van der Waals surface area contributed by atoms with E-state index >= 15 is 0 Å². The zero-order chi connectivity index (χ0) is 8.66. The van der Waals surface area contributed by atoms with Crippen molar-refractivity contribution in [3.8, 4) is 0 Å². The molecule has 0 saturated carbocycles. The molecule has 0 radical (unpaired) electrons. The van der Waals surface area contributed by atoms with E-state index in [0.717, 1.165) is 25.9 Å². The number of fused-ring (bicyclic) bond motifs is 2. The van der Waals surface area contributed by atoms with Crippen LogP contribution in [-0.2, 0) is 14.2 Å². The van der Waals surface area contributed by atoms with Crippen LogP contribution in [0.3, 0.4) is 0 Å². The third-order valence-electron chi connectivity index (χ3n) is 2.51. The van der Waals surface area contributed by atoms with Crippen LogP contribution in [-0.4, -0.2) is 24.8 Å². The van der Waals surface area contributed by atoms with Crippen molar-refractivity contribution in [1.29, 1.82) is 0 Å². The summed E-state index contributed by atoms with van der Waals surface area (Å²) in [5.74, 6) is -0.693. The van der Waals surface area contributed by atoms with E-state index in [-0.39, 0.29) is 5.60 Å². The van der Waals surface area contributed by atoms with E-state index in [2.05, 4.69) is 13.8 Å². The molecule has 2 unspecified atom stereocenters. The zero-order valence-corrected chi connectivity index (χ0v) is 7.76. The van der Waals surface area contributed by atoms with Gasteiger partial charge in [-0.2, -0.15) is 0 Å². The summed E-state index contributed by atoms with van der Waals surface area (Å²) in [6, 6.07) is 0. The fraction of sp³-hybridized carbons (Fsp3) is 1.00. The predicted molar refractivity (Wildman–Crippen MR) is 43.7 cm³/mol. The van der Waals surface area contributed by atoms with Crippen LogP contribution in [0.4, 0.5) is 0 Å². The molecular weight excluding hydrogens is 156 g/mol. The van der Waals surface area contributed by atoms with Crippen molar-refractivity contribution in [2.75, 3.05) is 13.2 Å². The Bertz CT molecular complexity index is 179. The van der Waals surface area contributed by atoms with Crippen molar-refractivity contribution in [3.05, 3.63) is 0 Å². The van der Waals surface area contributed by atoms with Crippen molar-refractivity contribution in [3.63, 3.8) is 0 Å². The highest BCUT2D eigenvalue weighted by atomic mass is 16.9. The fourth-order valence-electron chi connectivity index (χ4n) is 1.82. The predicted octanol–water partition coefficient (Wildman–Crippen LogP) is 1.67. The lowest BCUT2D eigenvalue weighted by molar-refractivity contribution is -0.369. The van der Waals surface area contributed by atoms with Crippen molar-refractivity contribution in [2.24, 2.45) is 0 Å². The summed E-state index contributed by atoms with van der Waals surface area (Å²) in [5.41, 5.74) is -0.0899. The van der Waals surface area contributed by atoms with Gasteiger partial charge >= 0.3 is 0 Å². The summed E-state index contributed by atoms with van der Waals surface area (Å²) in [7, 11) is 0. The van der Waals surface area contributed by atoms with E-state index in [9.17, 15) is 0 Å². The van der Waals surface area contributed by atoms with E-state index in [1.807, 2.05) is 0 Å². The van der Waals surface area contributed by atoms with Gasteiger partial charge < -0.3 is 14.2 Å². The van der Waals surface area contributed by atoms with Crippen LogP contribution in [0.5, 0.6) is 0 Å². The van der Waals surface area contributed by atoms with Gasteiger partial charge in [0, 0.05) is 12.8 Å². The Labute approximate surface area is 73.0 Å². The molecule has 3 nitrogen and oxygen atoms in total. The average Bonchev–Trinajstić information content (AvgIpc) is 2.23. The van der Waals surface area contributed by atoms with E-state index < -0.39 is 5.97 Å². The van der Waals surface area contributed by atoms with Crippen LogP contribution < -0.4 is 0 Å². The maximum Gasteiger partial charge on any atom is 0.283 e. The molecule has 0 N–H and O–H groups in total. The lowest BCUT2D eigenvalue weighted by atomic mass is 10.0. The summed E-state index contributed by atoms with van der Waals surface area (Å²) in [6.07, 6.45) is 2.80. The first-order chi connectivity index (χ1) is 5.68. The summed E-state index contributed by atoms with van der Waals surface area (Å²) >= 11 is 0. The molecule has 70 valence electrons. The Morgan fingerprint density at radius 1 is 1.33 bits per heavy atom. The number of hydrogen-bond donors (Lipinski definition) is 0. The lowest BCUT2D eigenvalue weighted by Crippen LogP contribution is -2.43. The molecule has 0 amide bonds. The molecule has 12 heavy (non-hydrogen) atoms. The Kier molecular flexibility index (Phi) is 1.90. The van der Waals surface area contributed by atoms with Crippen molar-refractivity contribution >= 4 is 0 Å². The summed E-state index contributed by atoms with van der Waals surface area (Å²) < 4.78 is 16.8. The van der Waals surface area contributed by atoms with E-state index in [1.54, 1.807) is 0 Å². The molecule has 2 fully saturated rings. The standard InChI is InChI=1S/C9H16O3/c1-3-4-9-10-6-5-8(2,12-9)7-11-9/h3-7H2,1-2H3. The van der Waals surface area contributed by atoms with E-state index in [1.165, 1.54) is 0 Å². The van der Waals surface area contributed by atoms with Crippen LogP contribution in [0, 0.1) is 0 Å². The lowest BCUT2D eigenvalue weighted by Gasteiger charge is -2.35. The molecule has 2 saturated heterocycles. The molecule has 0 aromatic carbocycles. The third kappa shape index (κ3) is 1.26. The van der Waals surface area contributed by atoms with Gasteiger partial charge in [-0.3, -0.25) is 0 Å². The Hall–Kier alpha value is -0.120. The molecule has 0 aromatic rings. The number of ether oxygens (including phenoxy) is 3. The van der Waals surface area contributed by atoms with Gasteiger partial charge in [0.25, 0.3) is 5.97 Å². The Morgan fingerprint density at radius 2 is 2.17 bits per heavy atom. The van der Waals surface area contributed by atoms with Crippen LogP contribution in [0.1, 0.15) is 33.1 Å². The van der Waals surface area contributed by atoms with Crippen LogP contribution in [0.25, 0.3) is 0 Å². The first-order valence-corrected chi connectivity index (χ1v) is 4.66.